The third-order valence-electron chi connectivity index (χ3n) is 3.97. The maximum Gasteiger partial charge on any atom is 0.303 e. The van der Waals surface area contributed by atoms with E-state index in [2.05, 4.69) is 15.2 Å². The van der Waals surface area contributed by atoms with Crippen molar-refractivity contribution in [2.45, 2.75) is 18.0 Å². The van der Waals surface area contributed by atoms with E-state index in [1.807, 2.05) is 42.5 Å². The highest BCUT2D eigenvalue weighted by atomic mass is 32.2. The number of nitrogens with one attached hydrogen (secondary N) is 1. The Hall–Kier alpha value is -3.26. The summed E-state index contributed by atoms with van der Waals surface area (Å²) < 4.78 is 0. The number of nitrogens with zero attached hydrogens (tertiary/aromatic N) is 2. The maximum atomic E-state index is 12.4. The van der Waals surface area contributed by atoms with Gasteiger partial charge in [-0.25, -0.2) is 0 Å². The molecule has 0 aliphatic carbocycles. The highest BCUT2D eigenvalue weighted by Crippen LogP contribution is 2.20. The molecule has 0 radical (unpaired) electrons. The molecular weight excluding hydrogens is 378 g/mol. The number of aromatic nitrogens is 3. The van der Waals surface area contributed by atoms with Gasteiger partial charge in [-0.3, -0.25) is 19.4 Å². The number of carboxylic acids is 1. The highest BCUT2D eigenvalue weighted by Gasteiger charge is 2.11. The van der Waals surface area contributed by atoms with Crippen LogP contribution >= 0.6 is 11.8 Å². The number of benzene rings is 2. The maximum absolute atomic E-state index is 12.4. The highest BCUT2D eigenvalue weighted by molar-refractivity contribution is 7.99. The molecule has 0 spiro atoms. The Labute approximate surface area is 164 Å². The Morgan fingerprint density at radius 2 is 1.64 bits per heavy atom. The molecule has 0 fully saturated rings. The Balaban J connectivity index is 1.60. The number of carbonyl (C=O) groups is 2. The molecule has 0 atom stereocenters. The van der Waals surface area contributed by atoms with Crippen LogP contribution in [0.4, 0.5) is 0 Å². The fourth-order valence-electron chi connectivity index (χ4n) is 2.50. The number of rotatable bonds is 8. The van der Waals surface area contributed by atoms with E-state index in [0.717, 1.165) is 22.9 Å². The van der Waals surface area contributed by atoms with Gasteiger partial charge in [0.1, 0.15) is 5.69 Å². The molecule has 1 aromatic heterocycles. The summed E-state index contributed by atoms with van der Waals surface area (Å²) in [5.74, 6) is -1.00. The summed E-state index contributed by atoms with van der Waals surface area (Å²) in [4.78, 5) is 37.3. The van der Waals surface area contributed by atoms with E-state index in [0.29, 0.717) is 5.56 Å². The van der Waals surface area contributed by atoms with Crippen LogP contribution in [0, 0.1) is 0 Å². The molecule has 2 aromatic carbocycles. The molecule has 8 heteroatoms. The van der Waals surface area contributed by atoms with E-state index in [1.54, 1.807) is 12.1 Å². The van der Waals surface area contributed by atoms with Gasteiger partial charge in [0.25, 0.3) is 5.56 Å². The molecule has 28 heavy (non-hydrogen) atoms. The van der Waals surface area contributed by atoms with E-state index in [1.165, 1.54) is 0 Å². The number of carbonyl (C=O) groups excluding carboxylic acids is 1. The number of Topliss-reactive ketones (excluding diaryl/α,β-unsaturated/α-hetero) is 1. The van der Waals surface area contributed by atoms with Crippen molar-refractivity contribution in [2.75, 3.05) is 5.75 Å². The standard InChI is InChI=1S/C20H17N3O4S/c24-17(15-8-6-14(7-9-15)13-4-2-1-3-5-13)12-28-20-21-19(27)16(22-23-20)10-11-18(25)26/h1-9H,10-12H2,(H,25,26)(H,21,23,27). The number of hydrogen-bond acceptors (Lipinski definition) is 6. The number of carboxylic acid groups (broad SMARTS) is 1. The lowest BCUT2D eigenvalue weighted by Crippen LogP contribution is -2.19. The Kier molecular flexibility index (Phi) is 6.33. The second-order valence-electron chi connectivity index (χ2n) is 5.95. The second kappa shape index (κ2) is 9.09. The Bertz CT molecular complexity index is 1030. The first-order valence-electron chi connectivity index (χ1n) is 8.52. The summed E-state index contributed by atoms with van der Waals surface area (Å²) in [5.41, 5.74) is 2.25. The largest absolute Gasteiger partial charge is 0.481 e. The van der Waals surface area contributed by atoms with Gasteiger partial charge in [-0.05, 0) is 11.1 Å². The second-order valence-corrected chi connectivity index (χ2v) is 6.92. The fraction of sp³-hybridized carbons (Fsp3) is 0.150. The molecule has 0 aliphatic heterocycles. The third kappa shape index (κ3) is 5.14. The number of hydrogen-bond donors (Lipinski definition) is 2. The lowest BCUT2D eigenvalue weighted by molar-refractivity contribution is -0.136. The van der Waals surface area contributed by atoms with E-state index in [4.69, 9.17) is 5.11 Å². The normalized spacial score (nSPS) is 10.6. The van der Waals surface area contributed by atoms with Crippen LogP contribution in [0.3, 0.4) is 0 Å². The summed E-state index contributed by atoms with van der Waals surface area (Å²) in [5, 5.41) is 16.5. The number of aryl methyl sites for hydroxylation is 1. The summed E-state index contributed by atoms with van der Waals surface area (Å²) in [6.45, 7) is 0. The molecule has 3 rings (SSSR count). The van der Waals surface area contributed by atoms with E-state index < -0.39 is 11.5 Å². The molecule has 7 nitrogen and oxygen atoms in total. The van der Waals surface area contributed by atoms with Gasteiger partial charge >= 0.3 is 5.97 Å². The predicted octanol–water partition coefficient (Wildman–Crippen LogP) is 2.82. The zero-order chi connectivity index (χ0) is 19.9. The predicted molar refractivity (Wildman–Crippen MR) is 106 cm³/mol. The molecule has 142 valence electrons. The summed E-state index contributed by atoms with van der Waals surface area (Å²) in [6, 6.07) is 17.2. The zero-order valence-corrected chi connectivity index (χ0v) is 15.6. The van der Waals surface area contributed by atoms with Crippen molar-refractivity contribution in [3.8, 4) is 11.1 Å². The Morgan fingerprint density at radius 1 is 0.964 bits per heavy atom. The zero-order valence-electron chi connectivity index (χ0n) is 14.8. The first kappa shape index (κ1) is 19.5. The lowest BCUT2D eigenvalue weighted by atomic mass is 10.0. The van der Waals surface area contributed by atoms with Crippen LogP contribution in [0.15, 0.2) is 64.5 Å². The van der Waals surface area contributed by atoms with Gasteiger partial charge in [0.15, 0.2) is 10.9 Å². The van der Waals surface area contributed by atoms with Crippen LogP contribution < -0.4 is 5.56 Å². The monoisotopic (exact) mass is 395 g/mol. The number of aliphatic carboxylic acids is 1. The molecule has 0 bridgehead atoms. The van der Waals surface area contributed by atoms with Crippen molar-refractivity contribution in [1.29, 1.82) is 0 Å². The molecule has 0 saturated carbocycles. The van der Waals surface area contributed by atoms with Crippen molar-refractivity contribution in [1.82, 2.24) is 15.2 Å². The van der Waals surface area contributed by atoms with Crippen LogP contribution in [0.1, 0.15) is 22.5 Å². The van der Waals surface area contributed by atoms with Gasteiger partial charge in [-0.1, -0.05) is 66.4 Å². The van der Waals surface area contributed by atoms with Crippen molar-refractivity contribution in [3.05, 3.63) is 76.2 Å². The van der Waals surface area contributed by atoms with Crippen LogP contribution in [0.2, 0.25) is 0 Å². The average Bonchev–Trinajstić information content (AvgIpc) is 2.72. The average molecular weight is 395 g/mol. The molecule has 0 amide bonds. The quantitative estimate of drug-likeness (QED) is 0.445. The van der Waals surface area contributed by atoms with E-state index in [-0.39, 0.29) is 35.2 Å². The minimum Gasteiger partial charge on any atom is -0.481 e. The van der Waals surface area contributed by atoms with E-state index in [9.17, 15) is 14.4 Å². The van der Waals surface area contributed by atoms with Crippen molar-refractivity contribution < 1.29 is 14.7 Å². The third-order valence-corrected chi connectivity index (χ3v) is 4.84. The summed E-state index contributed by atoms with van der Waals surface area (Å²) in [6.07, 6.45) is -0.184. The smallest absolute Gasteiger partial charge is 0.303 e. The molecule has 1 heterocycles. The van der Waals surface area contributed by atoms with Crippen LogP contribution in [-0.2, 0) is 11.2 Å². The number of thioether (sulfide) groups is 1. The van der Waals surface area contributed by atoms with Crippen LogP contribution in [-0.4, -0.2) is 37.8 Å². The van der Waals surface area contributed by atoms with E-state index >= 15 is 0 Å². The molecule has 2 N–H and O–H groups in total. The minimum atomic E-state index is -1.01. The topological polar surface area (TPSA) is 113 Å². The van der Waals surface area contributed by atoms with Gasteiger partial charge in [0.05, 0.1) is 12.2 Å². The summed E-state index contributed by atoms with van der Waals surface area (Å²) >= 11 is 1.08. The van der Waals surface area contributed by atoms with Gasteiger partial charge in [0, 0.05) is 12.0 Å². The van der Waals surface area contributed by atoms with Gasteiger partial charge in [-0.15, -0.1) is 10.2 Å². The molecular formula is C20H17N3O4S. The lowest BCUT2D eigenvalue weighted by Gasteiger charge is -2.04. The number of aromatic amines is 1. The molecule has 0 aliphatic rings. The first-order valence-corrected chi connectivity index (χ1v) is 9.50. The van der Waals surface area contributed by atoms with Gasteiger partial charge < -0.3 is 5.11 Å². The van der Waals surface area contributed by atoms with Crippen LogP contribution in [0.5, 0.6) is 0 Å². The molecule has 0 saturated heterocycles. The molecule has 3 aromatic rings. The van der Waals surface area contributed by atoms with Crippen molar-refractivity contribution >= 4 is 23.5 Å². The minimum absolute atomic E-state index is 0.00923. The number of H-pyrrole nitrogens is 1. The summed E-state index contributed by atoms with van der Waals surface area (Å²) in [7, 11) is 0. The first-order chi connectivity index (χ1) is 13.5. The fourth-order valence-corrected chi connectivity index (χ4v) is 3.19. The van der Waals surface area contributed by atoms with Gasteiger partial charge in [-0.2, -0.15) is 0 Å². The van der Waals surface area contributed by atoms with Crippen LogP contribution in [0.25, 0.3) is 11.1 Å². The van der Waals surface area contributed by atoms with Crippen molar-refractivity contribution in [2.24, 2.45) is 0 Å². The van der Waals surface area contributed by atoms with Crippen molar-refractivity contribution in [3.63, 3.8) is 0 Å². The Morgan fingerprint density at radius 3 is 2.29 bits per heavy atom. The molecule has 0 unspecified atom stereocenters. The SMILES string of the molecule is O=C(O)CCc1nnc(SCC(=O)c2ccc(-c3ccccc3)cc2)[nH]c1=O. The number of ketones is 1. The van der Waals surface area contributed by atoms with Gasteiger partial charge in [0.2, 0.25) is 0 Å².